The lowest BCUT2D eigenvalue weighted by atomic mass is 9.78. The molecule has 0 spiro atoms. The Balaban J connectivity index is 1.91. The van der Waals surface area contributed by atoms with Crippen LogP contribution in [-0.2, 0) is 10.8 Å². The van der Waals surface area contributed by atoms with Crippen molar-refractivity contribution in [3.05, 3.63) is 71.3 Å². The Morgan fingerprint density at radius 1 is 0.833 bits per heavy atom. The summed E-state index contributed by atoms with van der Waals surface area (Å²) in [5.74, 6) is 1.40. The van der Waals surface area contributed by atoms with Crippen LogP contribution in [0.25, 0.3) is 0 Å². The Morgan fingerprint density at radius 2 is 1.39 bits per heavy atom. The van der Waals surface area contributed by atoms with E-state index in [9.17, 15) is 9.90 Å². The topological polar surface area (TPSA) is 53.0 Å². The van der Waals surface area contributed by atoms with Crippen molar-refractivity contribution in [3.8, 4) is 17.2 Å². The SMILES string of the molecule is CCN(CC)c1ccc2c(c1)Oc1ccccc1N2C(=O)c1cc(C(C)(C)C)c(O)c(C(C)(C)C)c1. The maximum absolute atomic E-state index is 14.3. The number of aromatic hydroxyl groups is 1. The molecule has 0 saturated heterocycles. The van der Waals surface area contributed by atoms with E-state index < -0.39 is 0 Å². The first-order valence-corrected chi connectivity index (χ1v) is 12.7. The molecule has 1 heterocycles. The molecule has 5 heteroatoms. The third-order valence-corrected chi connectivity index (χ3v) is 6.81. The summed E-state index contributed by atoms with van der Waals surface area (Å²) < 4.78 is 6.29. The Morgan fingerprint density at radius 3 is 1.94 bits per heavy atom. The van der Waals surface area contributed by atoms with Gasteiger partial charge in [-0.25, -0.2) is 0 Å². The maximum Gasteiger partial charge on any atom is 0.263 e. The van der Waals surface area contributed by atoms with Crippen molar-refractivity contribution in [2.75, 3.05) is 22.9 Å². The highest BCUT2D eigenvalue weighted by Gasteiger charge is 2.33. The van der Waals surface area contributed by atoms with E-state index >= 15 is 0 Å². The van der Waals surface area contributed by atoms with Gasteiger partial charge in [0.05, 0.1) is 11.4 Å². The van der Waals surface area contributed by atoms with Gasteiger partial charge in [-0.3, -0.25) is 9.69 Å². The van der Waals surface area contributed by atoms with Crippen molar-refractivity contribution in [1.29, 1.82) is 0 Å². The lowest BCUT2D eigenvalue weighted by molar-refractivity contribution is 0.0997. The van der Waals surface area contributed by atoms with Crippen LogP contribution in [0, 0.1) is 0 Å². The van der Waals surface area contributed by atoms with Crippen molar-refractivity contribution < 1.29 is 14.6 Å². The predicted molar refractivity (Wildman–Crippen MR) is 148 cm³/mol. The van der Waals surface area contributed by atoms with Gasteiger partial charge in [0, 0.05) is 41.5 Å². The van der Waals surface area contributed by atoms with Crippen LogP contribution in [0.1, 0.15) is 76.9 Å². The zero-order valence-corrected chi connectivity index (χ0v) is 22.8. The first-order valence-electron chi connectivity index (χ1n) is 12.7. The summed E-state index contributed by atoms with van der Waals surface area (Å²) in [4.78, 5) is 18.3. The quantitative estimate of drug-likeness (QED) is 0.407. The molecule has 3 aromatic rings. The Labute approximate surface area is 215 Å². The number of carbonyl (C=O) groups is 1. The van der Waals surface area contributed by atoms with E-state index in [1.807, 2.05) is 54.6 Å². The van der Waals surface area contributed by atoms with E-state index in [4.69, 9.17) is 4.74 Å². The van der Waals surface area contributed by atoms with Gasteiger partial charge in [-0.2, -0.15) is 0 Å². The van der Waals surface area contributed by atoms with E-state index in [0.717, 1.165) is 29.9 Å². The normalized spacial score (nSPS) is 13.1. The number of amides is 1. The number of phenols is 1. The fourth-order valence-corrected chi connectivity index (χ4v) is 4.78. The van der Waals surface area contributed by atoms with Gasteiger partial charge in [0.25, 0.3) is 5.91 Å². The summed E-state index contributed by atoms with van der Waals surface area (Å²) in [6, 6.07) is 17.3. The first kappa shape index (κ1) is 25.6. The Kier molecular flexibility index (Phi) is 6.54. The number of hydrogen-bond acceptors (Lipinski definition) is 4. The first-order chi connectivity index (χ1) is 16.9. The van der Waals surface area contributed by atoms with Crippen LogP contribution in [0.2, 0.25) is 0 Å². The van der Waals surface area contributed by atoms with E-state index in [2.05, 4.69) is 60.3 Å². The van der Waals surface area contributed by atoms with Crippen molar-refractivity contribution in [1.82, 2.24) is 0 Å². The van der Waals surface area contributed by atoms with Crippen molar-refractivity contribution in [3.63, 3.8) is 0 Å². The number of carbonyl (C=O) groups excluding carboxylic acids is 1. The molecule has 1 amide bonds. The van der Waals surface area contributed by atoms with E-state index in [-0.39, 0.29) is 22.5 Å². The molecule has 0 saturated carbocycles. The molecule has 5 nitrogen and oxygen atoms in total. The minimum absolute atomic E-state index is 0.154. The molecule has 0 aliphatic carbocycles. The minimum Gasteiger partial charge on any atom is -0.507 e. The van der Waals surface area contributed by atoms with Gasteiger partial charge in [0.2, 0.25) is 0 Å². The molecule has 0 unspecified atom stereocenters. The van der Waals surface area contributed by atoms with E-state index in [1.54, 1.807) is 4.90 Å². The monoisotopic (exact) mass is 486 g/mol. The van der Waals surface area contributed by atoms with Crippen molar-refractivity contribution >= 4 is 23.0 Å². The molecular weight excluding hydrogens is 448 g/mol. The van der Waals surface area contributed by atoms with Crippen molar-refractivity contribution in [2.24, 2.45) is 0 Å². The summed E-state index contributed by atoms with van der Waals surface area (Å²) in [6.45, 7) is 18.3. The zero-order valence-electron chi connectivity index (χ0n) is 22.8. The molecule has 0 aromatic heterocycles. The number of hydrogen-bond donors (Lipinski definition) is 1. The van der Waals surface area contributed by atoms with E-state index in [1.165, 1.54) is 0 Å². The van der Waals surface area contributed by atoms with Crippen LogP contribution in [0.4, 0.5) is 17.1 Å². The third kappa shape index (κ3) is 4.55. The fraction of sp³-hybridized carbons (Fsp3) is 0.387. The maximum atomic E-state index is 14.3. The van der Waals surface area contributed by atoms with Gasteiger partial charge in [-0.15, -0.1) is 0 Å². The largest absolute Gasteiger partial charge is 0.507 e. The summed E-state index contributed by atoms with van der Waals surface area (Å²) in [7, 11) is 0. The lowest BCUT2D eigenvalue weighted by Crippen LogP contribution is -2.30. The molecule has 3 aromatic carbocycles. The number of nitrogens with zero attached hydrogens (tertiary/aromatic N) is 2. The average molecular weight is 487 g/mol. The highest BCUT2D eigenvalue weighted by Crippen LogP contribution is 2.49. The fourth-order valence-electron chi connectivity index (χ4n) is 4.78. The zero-order chi connectivity index (χ0) is 26.4. The number of rotatable bonds is 4. The molecule has 1 aliphatic rings. The van der Waals surface area contributed by atoms with Gasteiger partial charge >= 0.3 is 0 Å². The minimum atomic E-state index is -0.333. The number of anilines is 3. The van der Waals surface area contributed by atoms with E-state index in [0.29, 0.717) is 28.4 Å². The summed E-state index contributed by atoms with van der Waals surface area (Å²) in [5, 5.41) is 11.2. The molecule has 1 N–H and O–H groups in total. The molecule has 36 heavy (non-hydrogen) atoms. The molecule has 0 fully saturated rings. The third-order valence-electron chi connectivity index (χ3n) is 6.81. The van der Waals surface area contributed by atoms with Crippen LogP contribution in [0.15, 0.2) is 54.6 Å². The number of para-hydroxylation sites is 2. The lowest BCUT2D eigenvalue weighted by Gasteiger charge is -2.33. The van der Waals surface area contributed by atoms with Crippen LogP contribution in [-0.4, -0.2) is 24.1 Å². The molecule has 1 aliphatic heterocycles. The molecule has 0 atom stereocenters. The number of ether oxygens (including phenoxy) is 1. The van der Waals surface area contributed by atoms with Gasteiger partial charge < -0.3 is 14.7 Å². The Bertz CT molecular complexity index is 1260. The van der Waals surface area contributed by atoms with Gasteiger partial charge in [-0.05, 0) is 61.1 Å². The predicted octanol–water partition coefficient (Wildman–Crippen LogP) is 7.92. The van der Waals surface area contributed by atoms with Gasteiger partial charge in [0.1, 0.15) is 5.75 Å². The second kappa shape index (κ2) is 9.20. The summed E-state index contributed by atoms with van der Waals surface area (Å²) in [5.41, 5.74) is 3.86. The van der Waals surface area contributed by atoms with Crippen molar-refractivity contribution in [2.45, 2.75) is 66.2 Å². The summed E-state index contributed by atoms with van der Waals surface area (Å²) in [6.07, 6.45) is 0. The highest BCUT2D eigenvalue weighted by atomic mass is 16.5. The Hall–Kier alpha value is -3.47. The van der Waals surface area contributed by atoms with Crippen LogP contribution in [0.5, 0.6) is 17.2 Å². The van der Waals surface area contributed by atoms with Crippen LogP contribution >= 0.6 is 0 Å². The molecule has 4 rings (SSSR count). The molecular formula is C31H38N2O3. The number of fused-ring (bicyclic) bond motifs is 2. The summed E-state index contributed by atoms with van der Waals surface area (Å²) >= 11 is 0. The average Bonchev–Trinajstić information content (AvgIpc) is 2.81. The van der Waals surface area contributed by atoms with Crippen LogP contribution in [0.3, 0.4) is 0 Å². The smallest absolute Gasteiger partial charge is 0.263 e. The van der Waals surface area contributed by atoms with Gasteiger partial charge in [0.15, 0.2) is 11.5 Å². The standard InChI is InChI=1S/C31H38N2O3/c1-9-32(10-2)21-15-16-25-27(19-21)36-26-14-12-11-13-24(26)33(25)29(35)20-17-22(30(3,4)5)28(34)23(18-20)31(6,7)8/h11-19,34H,9-10H2,1-8H3. The molecule has 0 bridgehead atoms. The second-order valence-electron chi connectivity index (χ2n) is 11.5. The number of phenolic OH excluding ortho intramolecular Hbond substituents is 1. The second-order valence-corrected chi connectivity index (χ2v) is 11.5. The number of benzene rings is 3. The van der Waals surface area contributed by atoms with Crippen LogP contribution < -0.4 is 14.5 Å². The molecule has 190 valence electrons. The highest BCUT2D eigenvalue weighted by molar-refractivity contribution is 6.13. The molecule has 0 radical (unpaired) electrons. The van der Waals surface area contributed by atoms with Gasteiger partial charge in [-0.1, -0.05) is 53.7 Å².